The van der Waals surface area contributed by atoms with Gasteiger partial charge in [0.2, 0.25) is 5.91 Å². The molecule has 0 unspecified atom stereocenters. The normalized spacial score (nSPS) is 9.83. The first-order valence-corrected chi connectivity index (χ1v) is 5.23. The van der Waals surface area contributed by atoms with Crippen LogP contribution >= 0.6 is 22.6 Å². The monoisotopic (exact) mass is 287 g/mol. The lowest BCUT2D eigenvalue weighted by Gasteiger charge is -2.03. The molecule has 0 saturated heterocycles. The Morgan fingerprint density at radius 3 is 2.75 bits per heavy atom. The van der Waals surface area contributed by atoms with E-state index in [1.165, 1.54) is 0 Å². The van der Waals surface area contributed by atoms with Gasteiger partial charge in [-0.2, -0.15) is 0 Å². The zero-order valence-electron chi connectivity index (χ0n) is 7.14. The highest BCUT2D eigenvalue weighted by atomic mass is 127. The number of carbonyl (C=O) groups excluding carboxylic acids is 1. The van der Waals surface area contributed by atoms with Crippen LogP contribution in [0.1, 0.15) is 0 Å². The van der Waals surface area contributed by atoms with Gasteiger partial charge < -0.3 is 14.8 Å². The maximum absolute atomic E-state index is 10.7. The number of nitrogens with one attached hydrogen (secondary N) is 1. The summed E-state index contributed by atoms with van der Waals surface area (Å²) in [5.41, 5.74) is 0. The second-order valence-electron chi connectivity index (χ2n) is 2.09. The van der Waals surface area contributed by atoms with Crippen LogP contribution in [-0.2, 0) is 14.3 Å². The number of ether oxygens (including phenoxy) is 2. The molecule has 12 heavy (non-hydrogen) atoms. The van der Waals surface area contributed by atoms with Gasteiger partial charge >= 0.3 is 0 Å². The number of hydrogen-bond donors (Lipinski definition) is 1. The summed E-state index contributed by atoms with van der Waals surface area (Å²) in [6.07, 6.45) is 0. The lowest BCUT2D eigenvalue weighted by Crippen LogP contribution is -2.28. The van der Waals surface area contributed by atoms with Crippen molar-refractivity contribution in [2.75, 3.05) is 37.9 Å². The second kappa shape index (κ2) is 9.21. The second-order valence-corrected chi connectivity index (χ2v) is 2.85. The number of amides is 1. The maximum atomic E-state index is 10.7. The van der Waals surface area contributed by atoms with Crippen LogP contribution in [-0.4, -0.2) is 43.8 Å². The van der Waals surface area contributed by atoms with E-state index in [1.807, 2.05) is 22.6 Å². The fourth-order valence-corrected chi connectivity index (χ4v) is 0.824. The predicted molar refractivity (Wildman–Crippen MR) is 54.6 cm³/mol. The Labute approximate surface area is 86.1 Å². The summed E-state index contributed by atoms with van der Waals surface area (Å²) in [5.74, 6) is 0.0472. The van der Waals surface area contributed by atoms with Gasteiger partial charge in [-0.05, 0) is 0 Å². The van der Waals surface area contributed by atoms with Gasteiger partial charge in [-0.1, -0.05) is 22.6 Å². The molecule has 0 aromatic heterocycles. The summed E-state index contributed by atoms with van der Waals surface area (Å²) in [5, 5.41) is 2.70. The van der Waals surface area contributed by atoms with Gasteiger partial charge in [-0.3, -0.25) is 4.79 Å². The van der Waals surface area contributed by atoms with Gasteiger partial charge in [0.15, 0.2) is 0 Å². The van der Waals surface area contributed by atoms with Crippen molar-refractivity contribution in [2.45, 2.75) is 0 Å². The third kappa shape index (κ3) is 8.22. The van der Waals surface area contributed by atoms with E-state index in [9.17, 15) is 4.79 Å². The fraction of sp³-hybridized carbons (Fsp3) is 0.857. The van der Waals surface area contributed by atoms with Gasteiger partial charge in [-0.15, -0.1) is 0 Å². The summed E-state index contributed by atoms with van der Waals surface area (Å²) in [6, 6.07) is 0. The summed E-state index contributed by atoms with van der Waals surface area (Å²) in [6.45, 7) is 2.30. The minimum absolute atomic E-state index is 0.0472. The zero-order chi connectivity index (χ0) is 9.23. The van der Waals surface area contributed by atoms with Crippen molar-refractivity contribution in [1.82, 2.24) is 5.32 Å². The average molecular weight is 287 g/mol. The van der Waals surface area contributed by atoms with E-state index in [0.29, 0.717) is 30.8 Å². The first-order valence-electron chi connectivity index (χ1n) is 3.70. The molecule has 0 aliphatic rings. The van der Waals surface area contributed by atoms with E-state index >= 15 is 0 Å². The summed E-state index contributed by atoms with van der Waals surface area (Å²) >= 11 is 2.02. The smallest absolute Gasteiger partial charge is 0.229 e. The van der Waals surface area contributed by atoms with Crippen LogP contribution in [0, 0.1) is 0 Å². The quantitative estimate of drug-likeness (QED) is 0.413. The molecule has 1 N–H and O–H groups in total. The molecule has 0 bridgehead atoms. The largest absolute Gasteiger partial charge is 0.382 e. The number of halogens is 1. The molecule has 1 amide bonds. The van der Waals surface area contributed by atoms with Crippen molar-refractivity contribution in [3.8, 4) is 0 Å². The Morgan fingerprint density at radius 1 is 1.42 bits per heavy atom. The molecule has 0 radical (unpaired) electrons. The molecule has 5 heteroatoms. The molecule has 0 saturated carbocycles. The lowest BCUT2D eigenvalue weighted by atomic mass is 10.6. The summed E-state index contributed by atoms with van der Waals surface area (Å²) < 4.78 is 10.4. The van der Waals surface area contributed by atoms with Crippen molar-refractivity contribution < 1.29 is 14.3 Å². The molecule has 0 spiro atoms. The van der Waals surface area contributed by atoms with Crippen LogP contribution in [0.25, 0.3) is 0 Å². The molecule has 0 aromatic rings. The van der Waals surface area contributed by atoms with Crippen LogP contribution < -0.4 is 5.32 Å². The van der Waals surface area contributed by atoms with E-state index in [4.69, 9.17) is 9.47 Å². The van der Waals surface area contributed by atoms with E-state index in [-0.39, 0.29) is 5.91 Å². The third-order valence-corrected chi connectivity index (χ3v) is 1.81. The summed E-state index contributed by atoms with van der Waals surface area (Å²) in [7, 11) is 1.63. The molecule has 0 aliphatic heterocycles. The zero-order valence-corrected chi connectivity index (χ0v) is 9.30. The lowest BCUT2D eigenvalue weighted by molar-refractivity contribution is -0.118. The van der Waals surface area contributed by atoms with Crippen molar-refractivity contribution in [3.05, 3.63) is 0 Å². The van der Waals surface area contributed by atoms with Gasteiger partial charge in [0.25, 0.3) is 0 Å². The molecule has 0 aromatic carbocycles. The molecular weight excluding hydrogens is 273 g/mol. The van der Waals surface area contributed by atoms with Crippen molar-refractivity contribution in [1.29, 1.82) is 0 Å². The first-order chi connectivity index (χ1) is 5.81. The van der Waals surface area contributed by atoms with Crippen LogP contribution in [0.3, 0.4) is 0 Å². The minimum atomic E-state index is 0.0472. The fourth-order valence-electron chi connectivity index (χ4n) is 0.554. The number of carbonyl (C=O) groups is 1. The van der Waals surface area contributed by atoms with Crippen LogP contribution in [0.4, 0.5) is 0 Å². The van der Waals surface area contributed by atoms with E-state index in [0.717, 1.165) is 0 Å². The minimum Gasteiger partial charge on any atom is -0.382 e. The highest BCUT2D eigenvalue weighted by molar-refractivity contribution is 14.1. The molecule has 0 heterocycles. The van der Waals surface area contributed by atoms with Crippen LogP contribution in [0.5, 0.6) is 0 Å². The van der Waals surface area contributed by atoms with Crippen molar-refractivity contribution in [3.63, 3.8) is 0 Å². The van der Waals surface area contributed by atoms with Crippen molar-refractivity contribution >= 4 is 28.5 Å². The summed E-state index contributed by atoms with van der Waals surface area (Å²) in [4.78, 5) is 10.7. The molecule has 0 aliphatic carbocycles. The van der Waals surface area contributed by atoms with E-state index < -0.39 is 0 Å². The molecule has 4 nitrogen and oxygen atoms in total. The van der Waals surface area contributed by atoms with E-state index in [2.05, 4.69) is 5.32 Å². The first kappa shape index (κ1) is 12.1. The Balaban J connectivity index is 2.95. The number of methoxy groups -OCH3 is 1. The standard InChI is InChI=1S/C7H14INO3/c1-11-4-5-12-3-2-9-7(10)6-8/h2-6H2,1H3,(H,9,10). The number of hydrogen-bond acceptors (Lipinski definition) is 3. The number of rotatable bonds is 7. The Hall–Kier alpha value is 0.120. The Bertz CT molecular complexity index is 121. The highest BCUT2D eigenvalue weighted by Gasteiger charge is 1.95. The van der Waals surface area contributed by atoms with Crippen LogP contribution in [0.15, 0.2) is 0 Å². The number of alkyl halides is 1. The maximum Gasteiger partial charge on any atom is 0.229 e. The Kier molecular flexibility index (Phi) is 9.30. The molecule has 0 atom stereocenters. The predicted octanol–water partition coefficient (Wildman–Crippen LogP) is 0.201. The average Bonchev–Trinajstić information content (AvgIpc) is 2.10. The Morgan fingerprint density at radius 2 is 2.17 bits per heavy atom. The molecule has 0 fully saturated rings. The van der Waals surface area contributed by atoms with Gasteiger partial charge in [0.05, 0.1) is 24.2 Å². The molecule has 0 rings (SSSR count). The van der Waals surface area contributed by atoms with E-state index in [1.54, 1.807) is 7.11 Å². The van der Waals surface area contributed by atoms with Crippen molar-refractivity contribution in [2.24, 2.45) is 0 Å². The van der Waals surface area contributed by atoms with Gasteiger partial charge in [0.1, 0.15) is 0 Å². The van der Waals surface area contributed by atoms with Crippen LogP contribution in [0.2, 0.25) is 0 Å². The van der Waals surface area contributed by atoms with Gasteiger partial charge in [0, 0.05) is 13.7 Å². The SMILES string of the molecule is COCCOCCNC(=O)CI. The topological polar surface area (TPSA) is 47.6 Å². The van der Waals surface area contributed by atoms with Gasteiger partial charge in [-0.25, -0.2) is 0 Å². The molecule has 72 valence electrons. The molecular formula is C7H14INO3. The third-order valence-electron chi connectivity index (χ3n) is 1.12. The highest BCUT2D eigenvalue weighted by Crippen LogP contribution is 1.79.